The second-order valence-electron chi connectivity index (χ2n) is 2.56. The van der Waals surface area contributed by atoms with Gasteiger partial charge in [-0.25, -0.2) is 0 Å². The standard InChI is InChI=1S/C9H12N2O2/c1-10-9(12)8-5-7(6-13-2)3-4-11-8/h3-5H,6H2,1-2H3,(H,10,12). The lowest BCUT2D eigenvalue weighted by molar-refractivity contribution is 0.0958. The van der Waals surface area contributed by atoms with Crippen LogP contribution in [0.25, 0.3) is 0 Å². The number of ether oxygens (including phenoxy) is 1. The fourth-order valence-corrected chi connectivity index (χ4v) is 0.983. The van der Waals surface area contributed by atoms with Gasteiger partial charge in [0.15, 0.2) is 0 Å². The SMILES string of the molecule is CNC(=O)c1cc(COC)ccn1. The molecule has 0 aliphatic carbocycles. The highest BCUT2D eigenvalue weighted by Gasteiger charge is 2.04. The molecular formula is C9H12N2O2. The molecule has 0 aliphatic rings. The van der Waals surface area contributed by atoms with E-state index in [-0.39, 0.29) is 5.91 Å². The number of pyridine rings is 1. The Hall–Kier alpha value is -1.42. The van der Waals surface area contributed by atoms with Crippen LogP contribution in [-0.4, -0.2) is 25.0 Å². The zero-order valence-electron chi connectivity index (χ0n) is 7.70. The van der Waals surface area contributed by atoms with Crippen LogP contribution in [0.3, 0.4) is 0 Å². The number of rotatable bonds is 3. The summed E-state index contributed by atoms with van der Waals surface area (Å²) in [6.45, 7) is 0.493. The van der Waals surface area contributed by atoms with E-state index in [1.165, 1.54) is 0 Å². The van der Waals surface area contributed by atoms with E-state index < -0.39 is 0 Å². The van der Waals surface area contributed by atoms with Crippen LogP contribution in [0.1, 0.15) is 16.1 Å². The van der Waals surface area contributed by atoms with Crippen molar-refractivity contribution in [1.29, 1.82) is 0 Å². The molecule has 0 spiro atoms. The predicted molar refractivity (Wildman–Crippen MR) is 48.3 cm³/mol. The largest absolute Gasteiger partial charge is 0.380 e. The lowest BCUT2D eigenvalue weighted by Crippen LogP contribution is -2.19. The molecule has 0 fully saturated rings. The maximum atomic E-state index is 11.2. The average molecular weight is 180 g/mol. The molecule has 1 aromatic heterocycles. The number of aromatic nitrogens is 1. The van der Waals surface area contributed by atoms with Crippen molar-refractivity contribution in [1.82, 2.24) is 10.3 Å². The Bertz CT molecular complexity index is 299. The van der Waals surface area contributed by atoms with Crippen molar-refractivity contribution in [2.75, 3.05) is 14.2 Å². The molecule has 0 aliphatic heterocycles. The third kappa shape index (κ3) is 2.52. The monoisotopic (exact) mass is 180 g/mol. The van der Waals surface area contributed by atoms with Gasteiger partial charge < -0.3 is 10.1 Å². The molecule has 1 amide bonds. The van der Waals surface area contributed by atoms with Crippen LogP contribution >= 0.6 is 0 Å². The molecule has 4 heteroatoms. The molecule has 1 N–H and O–H groups in total. The van der Waals surface area contributed by atoms with E-state index in [2.05, 4.69) is 10.3 Å². The van der Waals surface area contributed by atoms with Crippen molar-refractivity contribution in [2.45, 2.75) is 6.61 Å². The van der Waals surface area contributed by atoms with Crippen LogP contribution in [0.5, 0.6) is 0 Å². The van der Waals surface area contributed by atoms with Gasteiger partial charge in [0.2, 0.25) is 0 Å². The summed E-state index contributed by atoms with van der Waals surface area (Å²) >= 11 is 0. The molecule has 1 rings (SSSR count). The van der Waals surface area contributed by atoms with Gasteiger partial charge >= 0.3 is 0 Å². The van der Waals surface area contributed by atoms with Crippen molar-refractivity contribution < 1.29 is 9.53 Å². The Morgan fingerprint density at radius 2 is 2.46 bits per heavy atom. The van der Waals surface area contributed by atoms with Gasteiger partial charge in [-0.2, -0.15) is 0 Å². The predicted octanol–water partition coefficient (Wildman–Crippen LogP) is 0.588. The van der Waals surface area contributed by atoms with Crippen molar-refractivity contribution in [3.05, 3.63) is 29.6 Å². The van der Waals surface area contributed by atoms with Gasteiger partial charge in [-0.05, 0) is 17.7 Å². The Kier molecular flexibility index (Phi) is 3.40. The molecule has 0 saturated heterocycles. The summed E-state index contributed by atoms with van der Waals surface area (Å²) in [7, 11) is 3.19. The number of hydrogen-bond acceptors (Lipinski definition) is 3. The topological polar surface area (TPSA) is 51.2 Å². The quantitative estimate of drug-likeness (QED) is 0.740. The van der Waals surface area contributed by atoms with Gasteiger partial charge in [0.1, 0.15) is 5.69 Å². The summed E-state index contributed by atoms with van der Waals surface area (Å²) in [6.07, 6.45) is 1.60. The molecule has 4 nitrogen and oxygen atoms in total. The van der Waals surface area contributed by atoms with Crippen molar-refractivity contribution in [2.24, 2.45) is 0 Å². The highest BCUT2D eigenvalue weighted by molar-refractivity contribution is 5.92. The van der Waals surface area contributed by atoms with Gasteiger partial charge in [0, 0.05) is 20.4 Å². The molecule has 0 unspecified atom stereocenters. The summed E-state index contributed by atoms with van der Waals surface area (Å²) in [5.74, 6) is -0.182. The summed E-state index contributed by atoms with van der Waals surface area (Å²) < 4.78 is 4.94. The maximum Gasteiger partial charge on any atom is 0.269 e. The molecule has 0 atom stereocenters. The first-order valence-electron chi connectivity index (χ1n) is 3.94. The lowest BCUT2D eigenvalue weighted by atomic mass is 10.2. The van der Waals surface area contributed by atoms with E-state index >= 15 is 0 Å². The molecule has 0 aromatic carbocycles. The first kappa shape index (κ1) is 9.67. The summed E-state index contributed by atoms with van der Waals surface area (Å²) in [5, 5.41) is 2.51. The summed E-state index contributed by atoms with van der Waals surface area (Å²) in [4.78, 5) is 15.1. The highest BCUT2D eigenvalue weighted by Crippen LogP contribution is 2.02. The smallest absolute Gasteiger partial charge is 0.269 e. The summed E-state index contributed by atoms with van der Waals surface area (Å²) in [6, 6.07) is 3.53. The van der Waals surface area contributed by atoms with E-state index in [1.54, 1.807) is 26.4 Å². The van der Waals surface area contributed by atoms with Crippen LogP contribution in [0, 0.1) is 0 Å². The molecule has 0 saturated carbocycles. The molecule has 0 radical (unpaired) electrons. The first-order chi connectivity index (χ1) is 6.27. The van der Waals surface area contributed by atoms with Gasteiger partial charge in [0.05, 0.1) is 6.61 Å². The third-order valence-corrected chi connectivity index (χ3v) is 1.60. The van der Waals surface area contributed by atoms with E-state index in [1.807, 2.05) is 6.07 Å². The first-order valence-corrected chi connectivity index (χ1v) is 3.94. The second-order valence-corrected chi connectivity index (χ2v) is 2.56. The number of carbonyl (C=O) groups is 1. The fraction of sp³-hybridized carbons (Fsp3) is 0.333. The number of amides is 1. The second kappa shape index (κ2) is 4.57. The molecule has 13 heavy (non-hydrogen) atoms. The number of nitrogens with zero attached hydrogens (tertiary/aromatic N) is 1. The van der Waals surface area contributed by atoms with Gasteiger partial charge in [0.25, 0.3) is 5.91 Å². The molecule has 1 heterocycles. The van der Waals surface area contributed by atoms with Crippen LogP contribution in [0.4, 0.5) is 0 Å². The minimum absolute atomic E-state index is 0.182. The van der Waals surface area contributed by atoms with E-state index in [4.69, 9.17) is 4.74 Å². The van der Waals surface area contributed by atoms with Crippen molar-refractivity contribution in [3.8, 4) is 0 Å². The molecule has 70 valence electrons. The molecular weight excluding hydrogens is 168 g/mol. The van der Waals surface area contributed by atoms with E-state index in [0.29, 0.717) is 12.3 Å². The van der Waals surface area contributed by atoms with Crippen molar-refractivity contribution >= 4 is 5.91 Å². The van der Waals surface area contributed by atoms with Gasteiger partial charge in [-0.1, -0.05) is 0 Å². The third-order valence-electron chi connectivity index (χ3n) is 1.60. The van der Waals surface area contributed by atoms with Gasteiger partial charge in [-0.3, -0.25) is 9.78 Å². The number of methoxy groups -OCH3 is 1. The van der Waals surface area contributed by atoms with Crippen molar-refractivity contribution in [3.63, 3.8) is 0 Å². The van der Waals surface area contributed by atoms with E-state index in [0.717, 1.165) is 5.56 Å². The zero-order chi connectivity index (χ0) is 9.68. The number of hydrogen-bond donors (Lipinski definition) is 1. The Morgan fingerprint density at radius 3 is 3.08 bits per heavy atom. The van der Waals surface area contributed by atoms with Crippen LogP contribution < -0.4 is 5.32 Å². The average Bonchev–Trinajstić information content (AvgIpc) is 2.18. The molecule has 1 aromatic rings. The van der Waals surface area contributed by atoms with Crippen LogP contribution in [0.15, 0.2) is 18.3 Å². The number of nitrogens with one attached hydrogen (secondary N) is 1. The van der Waals surface area contributed by atoms with Crippen LogP contribution in [-0.2, 0) is 11.3 Å². The lowest BCUT2D eigenvalue weighted by Gasteiger charge is -2.01. The maximum absolute atomic E-state index is 11.2. The normalized spacial score (nSPS) is 9.69. The van der Waals surface area contributed by atoms with E-state index in [9.17, 15) is 4.79 Å². The fourth-order valence-electron chi connectivity index (χ4n) is 0.983. The zero-order valence-corrected chi connectivity index (χ0v) is 7.70. The Morgan fingerprint density at radius 1 is 1.69 bits per heavy atom. The summed E-state index contributed by atoms with van der Waals surface area (Å²) in [5.41, 5.74) is 1.35. The van der Waals surface area contributed by atoms with Crippen LogP contribution in [0.2, 0.25) is 0 Å². The number of carbonyl (C=O) groups excluding carboxylic acids is 1. The Labute approximate surface area is 76.9 Å². The highest BCUT2D eigenvalue weighted by atomic mass is 16.5. The minimum Gasteiger partial charge on any atom is -0.380 e. The minimum atomic E-state index is -0.182. The molecule has 0 bridgehead atoms. The van der Waals surface area contributed by atoms with Gasteiger partial charge in [-0.15, -0.1) is 0 Å². The Balaban J connectivity index is 2.85.